The van der Waals surface area contributed by atoms with Gasteiger partial charge < -0.3 is 4.90 Å². The molecule has 1 aliphatic heterocycles. The van der Waals surface area contributed by atoms with Crippen LogP contribution in [0.5, 0.6) is 0 Å². The predicted molar refractivity (Wildman–Crippen MR) is 94.9 cm³/mol. The fraction of sp³-hybridized carbons (Fsp3) is 0.571. The van der Waals surface area contributed by atoms with E-state index in [0.717, 1.165) is 0 Å². The Kier molecular flexibility index (Phi) is 6.63. The molecule has 7 nitrogen and oxygen atoms in total. The van der Waals surface area contributed by atoms with Gasteiger partial charge in [0.2, 0.25) is 20.0 Å². The molecule has 1 saturated heterocycles. The molecule has 10 heteroatoms. The zero-order valence-corrected chi connectivity index (χ0v) is 15.9. The van der Waals surface area contributed by atoms with E-state index in [0.29, 0.717) is 36.8 Å². The summed E-state index contributed by atoms with van der Waals surface area (Å²) >= 11 is 5.95. The van der Waals surface area contributed by atoms with E-state index < -0.39 is 20.0 Å². The fourth-order valence-corrected chi connectivity index (χ4v) is 5.32. The molecule has 0 saturated carbocycles. The summed E-state index contributed by atoms with van der Waals surface area (Å²) in [6.45, 7) is 2.08. The summed E-state index contributed by atoms with van der Waals surface area (Å²) in [5, 5.41) is 0.368. The van der Waals surface area contributed by atoms with Crippen LogP contribution in [0.25, 0.3) is 0 Å². The molecule has 0 bridgehead atoms. The van der Waals surface area contributed by atoms with Crippen LogP contribution in [-0.2, 0) is 25.8 Å². The van der Waals surface area contributed by atoms with E-state index >= 15 is 0 Å². The van der Waals surface area contributed by atoms with E-state index in [9.17, 15) is 16.8 Å². The SMILES string of the molecule is CN1CCN(S(=O)(=O)CCNS(=O)(=O)Cc2ccccc2Cl)CC1. The summed E-state index contributed by atoms with van der Waals surface area (Å²) in [6, 6.07) is 6.66. The number of rotatable bonds is 7. The fourth-order valence-electron chi connectivity index (χ4n) is 2.39. The van der Waals surface area contributed by atoms with Crippen LogP contribution >= 0.6 is 11.6 Å². The summed E-state index contributed by atoms with van der Waals surface area (Å²) in [4.78, 5) is 2.05. The van der Waals surface area contributed by atoms with Gasteiger partial charge in [0.1, 0.15) is 0 Å². The molecule has 1 N–H and O–H groups in total. The Morgan fingerprint density at radius 1 is 1.08 bits per heavy atom. The largest absolute Gasteiger partial charge is 0.304 e. The molecule has 0 aromatic heterocycles. The van der Waals surface area contributed by atoms with Crippen molar-refractivity contribution < 1.29 is 16.8 Å². The maximum absolute atomic E-state index is 12.2. The lowest BCUT2D eigenvalue weighted by Gasteiger charge is -2.31. The molecule has 1 aromatic carbocycles. The van der Waals surface area contributed by atoms with Gasteiger partial charge in [-0.25, -0.2) is 21.6 Å². The Morgan fingerprint density at radius 2 is 1.71 bits per heavy atom. The smallest absolute Gasteiger partial charge is 0.215 e. The van der Waals surface area contributed by atoms with Crippen molar-refractivity contribution >= 4 is 31.6 Å². The van der Waals surface area contributed by atoms with Crippen molar-refractivity contribution in [3.8, 4) is 0 Å². The molecular weight excluding hydrogens is 374 g/mol. The van der Waals surface area contributed by atoms with Crippen LogP contribution in [0.3, 0.4) is 0 Å². The third-order valence-electron chi connectivity index (χ3n) is 3.84. The van der Waals surface area contributed by atoms with E-state index in [1.807, 2.05) is 7.05 Å². The number of benzene rings is 1. The van der Waals surface area contributed by atoms with Crippen LogP contribution in [-0.4, -0.2) is 71.6 Å². The average Bonchev–Trinajstić information content (AvgIpc) is 2.49. The highest BCUT2D eigenvalue weighted by molar-refractivity contribution is 7.89. The van der Waals surface area contributed by atoms with Crippen molar-refractivity contribution in [2.75, 3.05) is 45.5 Å². The molecule has 136 valence electrons. The summed E-state index contributed by atoms with van der Waals surface area (Å²) in [5.74, 6) is -0.528. The lowest BCUT2D eigenvalue weighted by molar-refractivity contribution is 0.222. The lowest BCUT2D eigenvalue weighted by Crippen LogP contribution is -2.48. The van der Waals surface area contributed by atoms with Crippen molar-refractivity contribution in [3.05, 3.63) is 34.9 Å². The van der Waals surface area contributed by atoms with Crippen molar-refractivity contribution in [1.29, 1.82) is 0 Å². The van der Waals surface area contributed by atoms with Gasteiger partial charge in [-0.15, -0.1) is 0 Å². The monoisotopic (exact) mass is 395 g/mol. The van der Waals surface area contributed by atoms with Crippen LogP contribution in [0.2, 0.25) is 5.02 Å². The number of sulfonamides is 2. The Balaban J connectivity index is 1.87. The molecule has 2 rings (SSSR count). The van der Waals surface area contributed by atoms with Gasteiger partial charge in [0.05, 0.1) is 11.5 Å². The minimum Gasteiger partial charge on any atom is -0.304 e. The van der Waals surface area contributed by atoms with Crippen LogP contribution < -0.4 is 4.72 Å². The van der Waals surface area contributed by atoms with Crippen LogP contribution in [0, 0.1) is 0 Å². The number of likely N-dealkylation sites (N-methyl/N-ethyl adjacent to an activating group) is 1. The number of nitrogens with zero attached hydrogens (tertiary/aromatic N) is 2. The molecule has 1 aromatic rings. The van der Waals surface area contributed by atoms with Gasteiger partial charge in [0.25, 0.3) is 0 Å². The number of hydrogen-bond donors (Lipinski definition) is 1. The maximum Gasteiger partial charge on any atom is 0.215 e. The molecule has 1 heterocycles. The van der Waals surface area contributed by atoms with E-state index in [2.05, 4.69) is 9.62 Å². The zero-order valence-electron chi connectivity index (χ0n) is 13.5. The Morgan fingerprint density at radius 3 is 2.33 bits per heavy atom. The number of hydrogen-bond acceptors (Lipinski definition) is 5. The molecule has 0 atom stereocenters. The topological polar surface area (TPSA) is 86.8 Å². The van der Waals surface area contributed by atoms with Gasteiger partial charge in [-0.1, -0.05) is 29.8 Å². The summed E-state index contributed by atoms with van der Waals surface area (Å²) in [5.41, 5.74) is 0.480. The summed E-state index contributed by atoms with van der Waals surface area (Å²) < 4.78 is 52.4. The minimum absolute atomic E-state index is 0.151. The highest BCUT2D eigenvalue weighted by Gasteiger charge is 2.25. The van der Waals surface area contributed by atoms with E-state index in [1.54, 1.807) is 24.3 Å². The quantitative estimate of drug-likeness (QED) is 0.719. The first kappa shape index (κ1) is 19.6. The highest BCUT2D eigenvalue weighted by atomic mass is 35.5. The van der Waals surface area contributed by atoms with Crippen molar-refractivity contribution in [3.63, 3.8) is 0 Å². The van der Waals surface area contributed by atoms with Gasteiger partial charge in [-0.05, 0) is 18.7 Å². The van der Waals surface area contributed by atoms with Crippen molar-refractivity contribution in [1.82, 2.24) is 13.9 Å². The van der Waals surface area contributed by atoms with Crippen LogP contribution in [0.4, 0.5) is 0 Å². The van der Waals surface area contributed by atoms with Gasteiger partial charge >= 0.3 is 0 Å². The summed E-state index contributed by atoms with van der Waals surface area (Å²) in [7, 11) is -5.16. The van der Waals surface area contributed by atoms with Crippen LogP contribution in [0.1, 0.15) is 5.56 Å². The standard InChI is InChI=1S/C14H22ClN3O4S2/c1-17-7-9-18(10-8-17)24(21,22)11-6-16-23(19,20)12-13-4-2-3-5-14(13)15/h2-5,16H,6-12H2,1H3. The third-order valence-corrected chi connectivity index (χ3v) is 7.42. The molecule has 24 heavy (non-hydrogen) atoms. The second kappa shape index (κ2) is 8.11. The number of nitrogens with one attached hydrogen (secondary N) is 1. The predicted octanol–water partition coefficient (Wildman–Crippen LogP) is 0.337. The molecule has 0 spiro atoms. The molecule has 1 fully saturated rings. The third kappa shape index (κ3) is 5.68. The normalized spacial score (nSPS) is 17.9. The van der Waals surface area contributed by atoms with Gasteiger partial charge in [0.15, 0.2) is 0 Å². The molecular formula is C14H22ClN3O4S2. The first-order valence-corrected chi connectivity index (χ1v) is 11.2. The molecule has 1 aliphatic rings. The van der Waals surface area contributed by atoms with Gasteiger partial charge in [0, 0.05) is 37.7 Å². The second-order valence-electron chi connectivity index (χ2n) is 5.76. The highest BCUT2D eigenvalue weighted by Crippen LogP contribution is 2.17. The first-order valence-electron chi connectivity index (χ1n) is 7.57. The van der Waals surface area contributed by atoms with Crippen LogP contribution in [0.15, 0.2) is 24.3 Å². The molecule has 0 amide bonds. The van der Waals surface area contributed by atoms with Gasteiger partial charge in [-0.3, -0.25) is 0 Å². The Bertz CT molecular complexity index is 760. The number of halogens is 1. The van der Waals surface area contributed by atoms with E-state index in [-0.39, 0.29) is 18.1 Å². The number of piperazine rings is 1. The molecule has 0 radical (unpaired) electrons. The average molecular weight is 396 g/mol. The molecule has 0 unspecified atom stereocenters. The second-order valence-corrected chi connectivity index (χ2v) is 10.1. The maximum atomic E-state index is 12.2. The minimum atomic E-state index is -3.64. The van der Waals surface area contributed by atoms with E-state index in [1.165, 1.54) is 4.31 Å². The van der Waals surface area contributed by atoms with Crippen molar-refractivity contribution in [2.45, 2.75) is 5.75 Å². The summed E-state index contributed by atoms with van der Waals surface area (Å²) in [6.07, 6.45) is 0. The van der Waals surface area contributed by atoms with E-state index in [4.69, 9.17) is 11.6 Å². The Hall–Kier alpha value is -0.710. The zero-order chi connectivity index (χ0) is 17.8. The van der Waals surface area contributed by atoms with Gasteiger partial charge in [-0.2, -0.15) is 4.31 Å². The lowest BCUT2D eigenvalue weighted by atomic mass is 10.2. The molecule has 0 aliphatic carbocycles. The first-order chi connectivity index (χ1) is 11.2. The Labute approximate surface area is 148 Å². The van der Waals surface area contributed by atoms with Crippen molar-refractivity contribution in [2.24, 2.45) is 0 Å².